The Labute approximate surface area is 363 Å². The molecule has 2 aliphatic rings. The van der Waals surface area contributed by atoms with Gasteiger partial charge >= 0.3 is 0 Å². The topological polar surface area (TPSA) is 16.4 Å². The molecule has 0 aliphatic heterocycles. The molecule has 0 fully saturated rings. The molecule has 0 saturated heterocycles. The van der Waals surface area contributed by atoms with Gasteiger partial charge in [0.25, 0.3) is 0 Å². The highest BCUT2D eigenvalue weighted by Gasteiger charge is 2.39. The first-order chi connectivity index (χ1) is 30.3. The molecule has 12 rings (SSSR count). The molecule has 0 atom stereocenters. The van der Waals surface area contributed by atoms with Crippen LogP contribution in [0.1, 0.15) is 49.9 Å². The van der Waals surface area contributed by atoms with E-state index in [0.29, 0.717) is 0 Å². The number of furan rings is 1. The molecule has 0 N–H and O–H groups in total. The Morgan fingerprint density at radius 3 is 1.69 bits per heavy atom. The van der Waals surface area contributed by atoms with E-state index in [2.05, 4.69) is 227 Å². The van der Waals surface area contributed by atoms with Gasteiger partial charge in [-0.1, -0.05) is 173 Å². The Balaban J connectivity index is 0.984. The van der Waals surface area contributed by atoms with Crippen molar-refractivity contribution in [3.63, 3.8) is 0 Å². The molecule has 10 aromatic rings. The highest BCUT2D eigenvalue weighted by Crippen LogP contribution is 2.55. The Bertz CT molecular complexity index is 3420. The van der Waals surface area contributed by atoms with Gasteiger partial charge in [-0.15, -0.1) is 0 Å². The number of hydrogen-bond acceptors (Lipinski definition) is 2. The number of anilines is 3. The molecule has 1 aromatic heterocycles. The third-order valence-electron chi connectivity index (χ3n) is 13.9. The summed E-state index contributed by atoms with van der Waals surface area (Å²) in [6.07, 6.45) is 0. The van der Waals surface area contributed by atoms with Crippen molar-refractivity contribution >= 4 is 39.0 Å². The molecular weight excluding hydrogens is 751 g/mol. The van der Waals surface area contributed by atoms with Crippen LogP contribution in [0, 0.1) is 0 Å². The van der Waals surface area contributed by atoms with Crippen LogP contribution in [0.4, 0.5) is 17.1 Å². The molecule has 296 valence electrons. The first-order valence-electron chi connectivity index (χ1n) is 21.8. The molecule has 0 saturated carbocycles. The average molecular weight is 796 g/mol. The van der Waals surface area contributed by atoms with Crippen molar-refractivity contribution in [2.24, 2.45) is 0 Å². The van der Waals surface area contributed by atoms with E-state index in [1.165, 1.54) is 78.0 Å². The maximum absolute atomic E-state index is 6.29. The summed E-state index contributed by atoms with van der Waals surface area (Å²) < 4.78 is 6.29. The zero-order chi connectivity index (χ0) is 41.7. The van der Waals surface area contributed by atoms with Crippen LogP contribution in [0.15, 0.2) is 205 Å². The van der Waals surface area contributed by atoms with Crippen LogP contribution < -0.4 is 4.90 Å². The molecule has 9 aromatic carbocycles. The van der Waals surface area contributed by atoms with Crippen molar-refractivity contribution in [3.05, 3.63) is 222 Å². The monoisotopic (exact) mass is 795 g/mol. The van der Waals surface area contributed by atoms with E-state index >= 15 is 0 Å². The summed E-state index contributed by atoms with van der Waals surface area (Å²) >= 11 is 0. The molecule has 2 nitrogen and oxygen atoms in total. The van der Waals surface area contributed by atoms with E-state index < -0.39 is 0 Å². The number of hydrogen-bond donors (Lipinski definition) is 0. The van der Waals surface area contributed by atoms with Crippen LogP contribution in [-0.4, -0.2) is 0 Å². The summed E-state index contributed by atoms with van der Waals surface area (Å²) in [5, 5.41) is 2.29. The Hall–Kier alpha value is -7.42. The molecule has 62 heavy (non-hydrogen) atoms. The molecule has 0 amide bonds. The van der Waals surface area contributed by atoms with Crippen LogP contribution in [0.2, 0.25) is 0 Å². The fourth-order valence-electron chi connectivity index (χ4n) is 10.8. The maximum Gasteiger partial charge on any atom is 0.136 e. The van der Waals surface area contributed by atoms with Gasteiger partial charge in [0, 0.05) is 33.0 Å². The van der Waals surface area contributed by atoms with Crippen molar-refractivity contribution in [1.82, 2.24) is 0 Å². The number of rotatable bonds is 6. The summed E-state index contributed by atoms with van der Waals surface area (Å²) in [6.45, 7) is 9.43. The minimum atomic E-state index is -0.198. The number of benzene rings is 9. The van der Waals surface area contributed by atoms with E-state index in [0.717, 1.165) is 38.9 Å². The fourth-order valence-corrected chi connectivity index (χ4v) is 10.8. The van der Waals surface area contributed by atoms with Gasteiger partial charge in [0.15, 0.2) is 0 Å². The number of fused-ring (bicyclic) bond motifs is 9. The average Bonchev–Trinajstić information content (AvgIpc) is 3.89. The van der Waals surface area contributed by atoms with Crippen LogP contribution in [-0.2, 0) is 10.8 Å². The molecule has 1 heterocycles. The largest absolute Gasteiger partial charge is 0.456 e. The number of nitrogens with zero attached hydrogens (tertiary/aromatic N) is 1. The fraction of sp³-hybridized carbons (Fsp3) is 0.100. The van der Waals surface area contributed by atoms with Gasteiger partial charge in [0.1, 0.15) is 11.2 Å². The predicted octanol–water partition coefficient (Wildman–Crippen LogP) is 16.7. The summed E-state index contributed by atoms with van der Waals surface area (Å²) in [6, 6.07) is 73.6. The second-order valence-electron chi connectivity index (χ2n) is 18.1. The van der Waals surface area contributed by atoms with Crippen molar-refractivity contribution in [1.29, 1.82) is 0 Å². The quantitative estimate of drug-likeness (QED) is 0.167. The Morgan fingerprint density at radius 1 is 0.355 bits per heavy atom. The minimum absolute atomic E-state index is 0.0153. The predicted molar refractivity (Wildman–Crippen MR) is 260 cm³/mol. The van der Waals surface area contributed by atoms with Crippen LogP contribution in [0.3, 0.4) is 0 Å². The zero-order valence-electron chi connectivity index (χ0n) is 35.4. The highest BCUT2D eigenvalue weighted by atomic mass is 16.3. The van der Waals surface area contributed by atoms with Gasteiger partial charge in [0.2, 0.25) is 0 Å². The van der Waals surface area contributed by atoms with Gasteiger partial charge in [-0.2, -0.15) is 0 Å². The zero-order valence-corrected chi connectivity index (χ0v) is 35.4. The molecule has 0 spiro atoms. The van der Waals surface area contributed by atoms with Gasteiger partial charge < -0.3 is 9.32 Å². The SMILES string of the molecule is CC1(C)c2ccccc2-c2cc(-c3cccc(-c4cccc(N(c5ccc(-c6cccc7oc8ccccc8c67)cc5)c5cccc6c5C(C)(C)c5ccccc5-6)c4)c3)ccc21. The summed E-state index contributed by atoms with van der Waals surface area (Å²) in [7, 11) is 0. The van der Waals surface area contributed by atoms with Crippen molar-refractivity contribution in [2.45, 2.75) is 38.5 Å². The van der Waals surface area contributed by atoms with Gasteiger partial charge in [-0.3, -0.25) is 0 Å². The molecule has 2 aliphatic carbocycles. The van der Waals surface area contributed by atoms with Crippen molar-refractivity contribution < 1.29 is 4.42 Å². The molecule has 0 unspecified atom stereocenters. The smallest absolute Gasteiger partial charge is 0.136 e. The van der Waals surface area contributed by atoms with Gasteiger partial charge in [0.05, 0.1) is 5.69 Å². The molecular formula is C60H45NO. The third kappa shape index (κ3) is 5.43. The van der Waals surface area contributed by atoms with E-state index in [-0.39, 0.29) is 10.8 Å². The maximum atomic E-state index is 6.29. The lowest BCUT2D eigenvalue weighted by Crippen LogP contribution is -2.20. The van der Waals surface area contributed by atoms with Gasteiger partial charge in [-0.25, -0.2) is 0 Å². The number of para-hydroxylation sites is 1. The lowest BCUT2D eigenvalue weighted by atomic mass is 9.81. The van der Waals surface area contributed by atoms with Crippen LogP contribution in [0.5, 0.6) is 0 Å². The van der Waals surface area contributed by atoms with E-state index in [4.69, 9.17) is 4.42 Å². The van der Waals surface area contributed by atoms with E-state index in [1.807, 2.05) is 6.07 Å². The highest BCUT2D eigenvalue weighted by molar-refractivity contribution is 6.12. The standard InChI is InChI=1S/C60H45NO/c1-59(2)51-24-8-6-20-47(51)50-37-42(31-34-53(50)59)40-16-11-15-39(35-40)41-17-12-18-44(36-41)61(54-26-13-23-48-46-19-5-9-25-52(46)60(3,4)58(48)54)43-32-29-38(30-33-43)45-22-14-28-56-57(45)49-21-7-10-27-55(49)62-56/h5-37H,1-4H3. The summed E-state index contributed by atoms with van der Waals surface area (Å²) in [5.41, 5.74) is 22.9. The van der Waals surface area contributed by atoms with Crippen molar-refractivity contribution in [3.8, 4) is 55.6 Å². The third-order valence-corrected chi connectivity index (χ3v) is 13.9. The van der Waals surface area contributed by atoms with E-state index in [9.17, 15) is 0 Å². The first-order valence-corrected chi connectivity index (χ1v) is 21.8. The molecule has 2 heteroatoms. The Morgan fingerprint density at radius 2 is 0.903 bits per heavy atom. The Kier molecular flexibility index (Phi) is 7.96. The van der Waals surface area contributed by atoms with Crippen LogP contribution >= 0.6 is 0 Å². The molecule has 0 radical (unpaired) electrons. The summed E-state index contributed by atoms with van der Waals surface area (Å²) in [5.74, 6) is 0. The van der Waals surface area contributed by atoms with Crippen LogP contribution in [0.25, 0.3) is 77.6 Å². The van der Waals surface area contributed by atoms with Crippen molar-refractivity contribution in [2.75, 3.05) is 4.90 Å². The second-order valence-corrected chi connectivity index (χ2v) is 18.1. The normalized spacial score (nSPS) is 14.1. The summed E-state index contributed by atoms with van der Waals surface area (Å²) in [4.78, 5) is 2.47. The lowest BCUT2D eigenvalue weighted by Gasteiger charge is -2.32. The molecule has 0 bridgehead atoms. The van der Waals surface area contributed by atoms with E-state index in [1.54, 1.807) is 0 Å². The van der Waals surface area contributed by atoms with Gasteiger partial charge in [-0.05, 0) is 132 Å². The second kappa shape index (κ2) is 13.5. The first kappa shape index (κ1) is 36.4. The minimum Gasteiger partial charge on any atom is -0.456 e. The lowest BCUT2D eigenvalue weighted by molar-refractivity contribution is 0.660.